The van der Waals surface area contributed by atoms with Crippen molar-refractivity contribution in [2.75, 3.05) is 31.6 Å². The first kappa shape index (κ1) is 21.9. The van der Waals surface area contributed by atoms with Crippen LogP contribution in [-0.4, -0.2) is 47.4 Å². The Balaban J connectivity index is 1.21. The number of anilines is 1. The van der Waals surface area contributed by atoms with E-state index in [1.807, 2.05) is 23.1 Å². The van der Waals surface area contributed by atoms with Crippen molar-refractivity contribution in [1.29, 1.82) is 0 Å². The lowest BCUT2D eigenvalue weighted by molar-refractivity contribution is 0.726. The number of aromatic nitrogens is 3. The fraction of sp³-hybridized carbons (Fsp3) is 0.400. The van der Waals surface area contributed by atoms with E-state index in [1.165, 1.54) is 31.2 Å². The lowest BCUT2D eigenvalue weighted by atomic mass is 10.1. The molecule has 0 aliphatic carbocycles. The van der Waals surface area contributed by atoms with Crippen LogP contribution < -0.4 is 15.5 Å². The van der Waals surface area contributed by atoms with Crippen molar-refractivity contribution >= 4 is 11.8 Å². The largest absolute Gasteiger partial charge is 0.357 e. The molecule has 3 aromatic rings. The van der Waals surface area contributed by atoms with Crippen LogP contribution in [0.15, 0.2) is 66.0 Å². The number of nitrogens with one attached hydrogen (secondary N) is 2. The zero-order chi connectivity index (χ0) is 22.0. The van der Waals surface area contributed by atoms with E-state index in [4.69, 9.17) is 4.98 Å². The third kappa shape index (κ3) is 6.09. The molecule has 0 bridgehead atoms. The summed E-state index contributed by atoms with van der Waals surface area (Å²) in [6.07, 6.45) is 11.8. The van der Waals surface area contributed by atoms with Gasteiger partial charge in [-0.05, 0) is 54.7 Å². The van der Waals surface area contributed by atoms with Gasteiger partial charge in [0.1, 0.15) is 5.82 Å². The Morgan fingerprint density at radius 2 is 1.75 bits per heavy atom. The number of pyridine rings is 1. The van der Waals surface area contributed by atoms with E-state index in [2.05, 4.69) is 62.0 Å². The average molecular weight is 432 g/mol. The van der Waals surface area contributed by atoms with Gasteiger partial charge in [-0.15, -0.1) is 0 Å². The minimum Gasteiger partial charge on any atom is -0.357 e. The Hall–Kier alpha value is -3.35. The van der Waals surface area contributed by atoms with Crippen LogP contribution in [0.5, 0.6) is 0 Å². The first-order valence-corrected chi connectivity index (χ1v) is 11.6. The van der Waals surface area contributed by atoms with Crippen molar-refractivity contribution in [3.63, 3.8) is 0 Å². The van der Waals surface area contributed by atoms with Crippen LogP contribution in [0.25, 0.3) is 5.69 Å². The van der Waals surface area contributed by atoms with Crippen molar-refractivity contribution in [1.82, 2.24) is 25.4 Å². The fourth-order valence-corrected chi connectivity index (χ4v) is 3.98. The van der Waals surface area contributed by atoms with E-state index >= 15 is 0 Å². The molecule has 0 amide bonds. The minimum absolute atomic E-state index is 0.700. The second-order valence-corrected chi connectivity index (χ2v) is 8.15. The van der Waals surface area contributed by atoms with E-state index in [1.54, 1.807) is 13.2 Å². The van der Waals surface area contributed by atoms with E-state index in [-0.39, 0.29) is 0 Å². The zero-order valence-electron chi connectivity index (χ0n) is 18.9. The van der Waals surface area contributed by atoms with E-state index in [9.17, 15) is 0 Å². The number of hydrogen-bond donors (Lipinski definition) is 2. The molecule has 0 radical (unpaired) electrons. The van der Waals surface area contributed by atoms with Crippen LogP contribution >= 0.6 is 0 Å². The topological polar surface area (TPSA) is 70.4 Å². The number of hydrogen-bond acceptors (Lipinski definition) is 4. The van der Waals surface area contributed by atoms with Crippen LogP contribution in [0, 0.1) is 0 Å². The maximum atomic E-state index is 4.69. The van der Waals surface area contributed by atoms with Crippen molar-refractivity contribution < 1.29 is 0 Å². The Kier molecular flexibility index (Phi) is 7.74. The van der Waals surface area contributed by atoms with Gasteiger partial charge < -0.3 is 15.5 Å². The highest BCUT2D eigenvalue weighted by Gasteiger charge is 2.10. The van der Waals surface area contributed by atoms with E-state index < -0.39 is 0 Å². The van der Waals surface area contributed by atoms with Crippen molar-refractivity contribution in [2.45, 2.75) is 38.6 Å². The normalized spacial score (nSPS) is 14.8. The van der Waals surface area contributed by atoms with E-state index in [0.29, 0.717) is 6.54 Å². The third-order valence-electron chi connectivity index (χ3n) is 5.83. The van der Waals surface area contributed by atoms with Gasteiger partial charge in [0.15, 0.2) is 5.96 Å². The first-order valence-electron chi connectivity index (χ1n) is 11.6. The van der Waals surface area contributed by atoms with Gasteiger partial charge in [-0.25, -0.2) is 9.67 Å². The standard InChI is InChI=1S/C25H33N7/c1-26-25(27-15-13-21-7-10-23(11-8-21)32-18-6-14-30-32)29-20-22-9-12-24(28-19-22)31-16-4-2-3-5-17-31/h6-12,14,18-19H,2-5,13,15-17,20H2,1H3,(H2,26,27,29). The van der Waals surface area contributed by atoms with Crippen molar-refractivity contribution in [2.24, 2.45) is 4.99 Å². The summed E-state index contributed by atoms with van der Waals surface area (Å²) in [5.74, 6) is 1.89. The number of nitrogens with zero attached hydrogens (tertiary/aromatic N) is 5. The highest BCUT2D eigenvalue weighted by Crippen LogP contribution is 2.17. The summed E-state index contributed by atoms with van der Waals surface area (Å²) in [7, 11) is 1.80. The molecule has 1 aliphatic heterocycles. The van der Waals surface area contributed by atoms with Crippen LogP contribution in [0.1, 0.15) is 36.8 Å². The molecule has 1 saturated heterocycles. The molecule has 3 heterocycles. The van der Waals surface area contributed by atoms with Crippen molar-refractivity contribution in [3.8, 4) is 5.69 Å². The quantitative estimate of drug-likeness (QED) is 0.442. The predicted molar refractivity (Wildman–Crippen MR) is 130 cm³/mol. The van der Waals surface area contributed by atoms with Gasteiger partial charge in [0.2, 0.25) is 0 Å². The molecule has 1 aliphatic rings. The molecule has 2 aromatic heterocycles. The van der Waals surface area contributed by atoms with Gasteiger partial charge in [0.25, 0.3) is 0 Å². The second kappa shape index (κ2) is 11.3. The maximum Gasteiger partial charge on any atom is 0.191 e. The third-order valence-corrected chi connectivity index (χ3v) is 5.83. The Bertz CT molecular complexity index is 955. The highest BCUT2D eigenvalue weighted by molar-refractivity contribution is 5.79. The lowest BCUT2D eigenvalue weighted by Gasteiger charge is -2.21. The molecule has 0 atom stereocenters. The van der Waals surface area contributed by atoms with Crippen LogP contribution in [-0.2, 0) is 13.0 Å². The number of guanidine groups is 1. The highest BCUT2D eigenvalue weighted by atomic mass is 15.3. The predicted octanol–water partition coefficient (Wildman–Crippen LogP) is 3.56. The van der Waals surface area contributed by atoms with Gasteiger partial charge in [0, 0.05) is 51.8 Å². The molecule has 0 saturated carbocycles. The van der Waals surface area contributed by atoms with Gasteiger partial charge in [-0.1, -0.05) is 31.0 Å². The summed E-state index contributed by atoms with van der Waals surface area (Å²) >= 11 is 0. The monoisotopic (exact) mass is 431 g/mol. The molecule has 0 spiro atoms. The number of aliphatic imine (C=N–C) groups is 1. The Labute approximate surface area is 190 Å². The maximum absolute atomic E-state index is 4.69. The lowest BCUT2D eigenvalue weighted by Crippen LogP contribution is -2.37. The molecule has 4 rings (SSSR count). The van der Waals surface area contributed by atoms with Gasteiger partial charge in [0.05, 0.1) is 5.69 Å². The van der Waals surface area contributed by atoms with Crippen LogP contribution in [0.4, 0.5) is 5.82 Å². The molecule has 7 nitrogen and oxygen atoms in total. The minimum atomic E-state index is 0.700. The summed E-state index contributed by atoms with van der Waals surface area (Å²) in [6.45, 7) is 3.75. The van der Waals surface area contributed by atoms with E-state index in [0.717, 1.165) is 49.1 Å². The van der Waals surface area contributed by atoms with Crippen molar-refractivity contribution in [3.05, 3.63) is 72.2 Å². The SMILES string of the molecule is CN=C(NCCc1ccc(-n2cccn2)cc1)NCc1ccc(N2CCCCCC2)nc1. The summed E-state index contributed by atoms with van der Waals surface area (Å²) in [5.41, 5.74) is 3.50. The van der Waals surface area contributed by atoms with Crippen LogP contribution in [0.3, 0.4) is 0 Å². The molecule has 168 valence electrons. The molecule has 32 heavy (non-hydrogen) atoms. The van der Waals surface area contributed by atoms with Gasteiger partial charge in [-0.3, -0.25) is 4.99 Å². The summed E-state index contributed by atoms with van der Waals surface area (Å²) < 4.78 is 1.86. The summed E-state index contributed by atoms with van der Waals surface area (Å²) in [4.78, 5) is 11.4. The summed E-state index contributed by atoms with van der Waals surface area (Å²) in [6, 6.07) is 14.7. The zero-order valence-corrected chi connectivity index (χ0v) is 18.9. The first-order chi connectivity index (χ1) is 15.8. The smallest absolute Gasteiger partial charge is 0.191 e. The Morgan fingerprint density at radius 1 is 0.969 bits per heavy atom. The molecule has 1 fully saturated rings. The summed E-state index contributed by atoms with van der Waals surface area (Å²) in [5, 5.41) is 11.0. The second-order valence-electron chi connectivity index (χ2n) is 8.15. The number of rotatable bonds is 7. The molecule has 1 aromatic carbocycles. The Morgan fingerprint density at radius 3 is 2.41 bits per heavy atom. The molecule has 0 unspecified atom stereocenters. The van der Waals surface area contributed by atoms with Gasteiger partial charge >= 0.3 is 0 Å². The molecular weight excluding hydrogens is 398 g/mol. The molecule has 7 heteroatoms. The molecule has 2 N–H and O–H groups in total. The average Bonchev–Trinajstić information content (AvgIpc) is 3.24. The molecular formula is C25H33N7. The van der Waals surface area contributed by atoms with Crippen LogP contribution in [0.2, 0.25) is 0 Å². The fourth-order valence-electron chi connectivity index (χ4n) is 3.98. The van der Waals surface area contributed by atoms with Gasteiger partial charge in [-0.2, -0.15) is 5.10 Å². The number of benzene rings is 1.